The Labute approximate surface area is 175 Å². The molecule has 2 amide bonds. The Bertz CT molecular complexity index is 924. The van der Waals surface area contributed by atoms with Crippen LogP contribution >= 0.6 is 12.2 Å². The lowest BCUT2D eigenvalue weighted by Gasteiger charge is -2.19. The van der Waals surface area contributed by atoms with Crippen molar-refractivity contribution in [2.75, 3.05) is 0 Å². The van der Waals surface area contributed by atoms with Gasteiger partial charge in [-0.05, 0) is 28.9 Å². The van der Waals surface area contributed by atoms with E-state index in [1.165, 1.54) is 0 Å². The van der Waals surface area contributed by atoms with Gasteiger partial charge in [-0.2, -0.15) is 0 Å². The number of hydrogen-bond acceptors (Lipinski definition) is 3. The molecule has 0 aliphatic rings. The van der Waals surface area contributed by atoms with Crippen LogP contribution in [0.2, 0.25) is 0 Å². The zero-order valence-electron chi connectivity index (χ0n) is 15.7. The van der Waals surface area contributed by atoms with E-state index < -0.39 is 5.92 Å². The summed E-state index contributed by atoms with van der Waals surface area (Å²) in [4.78, 5) is 25.0. The van der Waals surface area contributed by atoms with Crippen LogP contribution < -0.4 is 16.2 Å². The molecule has 0 atom stereocenters. The number of amides is 2. The highest BCUT2D eigenvalue weighted by Gasteiger charge is 2.22. The molecule has 0 aromatic heterocycles. The zero-order valence-corrected chi connectivity index (χ0v) is 16.5. The fraction of sp³-hybridized carbons (Fsp3) is 0.0870. The average molecular weight is 404 g/mol. The molecule has 0 saturated heterocycles. The van der Waals surface area contributed by atoms with Gasteiger partial charge in [-0.15, -0.1) is 0 Å². The normalized spacial score (nSPS) is 10.2. The number of thiocarbonyl (C=S) groups is 1. The fourth-order valence-electron chi connectivity index (χ4n) is 2.96. The molecule has 0 spiro atoms. The number of hydrazine groups is 1. The maximum atomic E-state index is 12.9. The molecule has 0 heterocycles. The van der Waals surface area contributed by atoms with E-state index in [0.717, 1.165) is 16.7 Å². The number of benzene rings is 3. The molecule has 0 unspecified atom stereocenters. The second-order valence-electron chi connectivity index (χ2n) is 6.41. The third-order valence-electron chi connectivity index (χ3n) is 4.29. The standard InChI is InChI=1S/C23H21N3O2S/c27-20(16-17-10-4-1-5-11-17)24-23(29)26-25-22(28)21(18-12-6-2-7-13-18)19-14-8-3-9-15-19/h1-15,21H,16H2,(H,25,28)(H2,24,26,27,29). The predicted octanol–water partition coefficient (Wildman–Crippen LogP) is 3.08. The quantitative estimate of drug-likeness (QED) is 0.452. The third kappa shape index (κ3) is 5.99. The van der Waals surface area contributed by atoms with E-state index >= 15 is 0 Å². The molecule has 3 aromatic carbocycles. The van der Waals surface area contributed by atoms with Crippen molar-refractivity contribution in [3.63, 3.8) is 0 Å². The molecule has 3 aromatic rings. The van der Waals surface area contributed by atoms with E-state index in [2.05, 4.69) is 16.2 Å². The van der Waals surface area contributed by atoms with Crippen molar-refractivity contribution in [2.45, 2.75) is 12.3 Å². The van der Waals surface area contributed by atoms with E-state index in [9.17, 15) is 9.59 Å². The monoisotopic (exact) mass is 403 g/mol. The van der Waals surface area contributed by atoms with Crippen LogP contribution in [-0.4, -0.2) is 16.9 Å². The molecular weight excluding hydrogens is 382 g/mol. The van der Waals surface area contributed by atoms with Gasteiger partial charge < -0.3 is 5.32 Å². The van der Waals surface area contributed by atoms with Crippen LogP contribution in [0.25, 0.3) is 0 Å². The topological polar surface area (TPSA) is 70.2 Å². The molecule has 0 radical (unpaired) electrons. The van der Waals surface area contributed by atoms with Crippen LogP contribution in [0.4, 0.5) is 0 Å². The Morgan fingerprint density at radius 2 is 1.21 bits per heavy atom. The maximum Gasteiger partial charge on any atom is 0.250 e. The van der Waals surface area contributed by atoms with E-state index in [4.69, 9.17) is 12.2 Å². The minimum Gasteiger partial charge on any atom is -0.302 e. The van der Waals surface area contributed by atoms with Gasteiger partial charge in [0, 0.05) is 0 Å². The lowest BCUT2D eigenvalue weighted by atomic mass is 9.91. The molecule has 5 nitrogen and oxygen atoms in total. The molecule has 0 bridgehead atoms. The van der Waals surface area contributed by atoms with E-state index in [0.29, 0.717) is 0 Å². The first-order chi connectivity index (χ1) is 14.1. The summed E-state index contributed by atoms with van der Waals surface area (Å²) in [5.41, 5.74) is 7.82. The Kier molecular flexibility index (Phi) is 7.08. The van der Waals surface area contributed by atoms with E-state index in [1.807, 2.05) is 91.0 Å². The van der Waals surface area contributed by atoms with Crippen LogP contribution in [0, 0.1) is 0 Å². The second-order valence-corrected chi connectivity index (χ2v) is 6.82. The zero-order chi connectivity index (χ0) is 20.5. The van der Waals surface area contributed by atoms with Crippen molar-refractivity contribution in [3.05, 3.63) is 108 Å². The van der Waals surface area contributed by atoms with Crippen molar-refractivity contribution in [1.29, 1.82) is 0 Å². The van der Waals surface area contributed by atoms with E-state index in [-0.39, 0.29) is 23.3 Å². The lowest BCUT2D eigenvalue weighted by Crippen LogP contribution is -2.50. The average Bonchev–Trinajstić information content (AvgIpc) is 2.75. The summed E-state index contributed by atoms with van der Waals surface area (Å²) in [6.45, 7) is 0. The van der Waals surface area contributed by atoms with Gasteiger partial charge in [0.1, 0.15) is 0 Å². The number of nitrogens with one attached hydrogen (secondary N) is 3. The molecule has 0 saturated carbocycles. The summed E-state index contributed by atoms with van der Waals surface area (Å²) in [7, 11) is 0. The molecular formula is C23H21N3O2S. The van der Waals surface area contributed by atoms with Gasteiger partial charge in [0.05, 0.1) is 12.3 Å². The van der Waals surface area contributed by atoms with Crippen molar-refractivity contribution in [1.82, 2.24) is 16.2 Å². The Balaban J connectivity index is 1.60. The van der Waals surface area contributed by atoms with Gasteiger partial charge in [-0.3, -0.25) is 20.4 Å². The van der Waals surface area contributed by atoms with Gasteiger partial charge in [-0.25, -0.2) is 0 Å². The first kappa shape index (κ1) is 20.2. The van der Waals surface area contributed by atoms with Crippen LogP contribution in [0.1, 0.15) is 22.6 Å². The smallest absolute Gasteiger partial charge is 0.250 e. The molecule has 3 rings (SSSR count). The van der Waals surface area contributed by atoms with Gasteiger partial charge >= 0.3 is 0 Å². The predicted molar refractivity (Wildman–Crippen MR) is 117 cm³/mol. The van der Waals surface area contributed by atoms with Crippen LogP contribution in [0.5, 0.6) is 0 Å². The molecule has 146 valence electrons. The second kappa shape index (κ2) is 10.1. The highest BCUT2D eigenvalue weighted by atomic mass is 32.1. The minimum atomic E-state index is -0.507. The third-order valence-corrected chi connectivity index (χ3v) is 4.49. The molecule has 0 fully saturated rings. The van der Waals surface area contributed by atoms with Crippen LogP contribution in [0.3, 0.4) is 0 Å². The highest BCUT2D eigenvalue weighted by Crippen LogP contribution is 2.24. The molecule has 6 heteroatoms. The lowest BCUT2D eigenvalue weighted by molar-refractivity contribution is -0.122. The summed E-state index contributed by atoms with van der Waals surface area (Å²) in [5.74, 6) is -1.04. The first-order valence-electron chi connectivity index (χ1n) is 9.17. The number of carbonyl (C=O) groups excluding carboxylic acids is 2. The largest absolute Gasteiger partial charge is 0.302 e. The van der Waals surface area contributed by atoms with Crippen molar-refractivity contribution >= 4 is 29.1 Å². The van der Waals surface area contributed by atoms with Crippen molar-refractivity contribution < 1.29 is 9.59 Å². The summed E-state index contributed by atoms with van der Waals surface area (Å²) >= 11 is 5.13. The van der Waals surface area contributed by atoms with Gasteiger partial charge in [-0.1, -0.05) is 91.0 Å². The summed E-state index contributed by atoms with van der Waals surface area (Å²) in [6.07, 6.45) is 0.202. The number of hydrogen-bond donors (Lipinski definition) is 3. The Morgan fingerprint density at radius 3 is 1.72 bits per heavy atom. The summed E-state index contributed by atoms with van der Waals surface area (Å²) < 4.78 is 0. The maximum absolute atomic E-state index is 12.9. The summed E-state index contributed by atoms with van der Waals surface area (Å²) in [6, 6.07) is 28.3. The first-order valence-corrected chi connectivity index (χ1v) is 9.58. The number of carbonyl (C=O) groups is 2. The van der Waals surface area contributed by atoms with E-state index in [1.54, 1.807) is 0 Å². The highest BCUT2D eigenvalue weighted by molar-refractivity contribution is 7.80. The molecule has 29 heavy (non-hydrogen) atoms. The van der Waals surface area contributed by atoms with Crippen LogP contribution in [-0.2, 0) is 16.0 Å². The molecule has 0 aliphatic carbocycles. The van der Waals surface area contributed by atoms with Gasteiger partial charge in [0.25, 0.3) is 0 Å². The van der Waals surface area contributed by atoms with Gasteiger partial charge in [0.2, 0.25) is 11.8 Å². The van der Waals surface area contributed by atoms with Crippen molar-refractivity contribution in [3.8, 4) is 0 Å². The van der Waals surface area contributed by atoms with Crippen molar-refractivity contribution in [2.24, 2.45) is 0 Å². The molecule has 3 N–H and O–H groups in total. The summed E-state index contributed by atoms with van der Waals surface area (Å²) in [5, 5.41) is 2.61. The fourth-order valence-corrected chi connectivity index (χ4v) is 3.12. The minimum absolute atomic E-state index is 0.0409. The Hall–Kier alpha value is -3.51. The SMILES string of the molecule is O=C(Cc1ccccc1)NC(=S)NNC(=O)C(c1ccccc1)c1ccccc1. The van der Waals surface area contributed by atoms with Gasteiger partial charge in [0.15, 0.2) is 5.11 Å². The number of rotatable bonds is 5. The Morgan fingerprint density at radius 1 is 0.724 bits per heavy atom. The molecule has 0 aliphatic heterocycles. The van der Waals surface area contributed by atoms with Crippen LogP contribution in [0.15, 0.2) is 91.0 Å².